The number of hydrogen-bond acceptors (Lipinski definition) is 2. The largest absolute Gasteiger partial charge is 0.369 e. The van der Waals surface area contributed by atoms with Gasteiger partial charge in [0.25, 0.3) is 0 Å². The first-order valence-electron chi connectivity index (χ1n) is 5.52. The number of imidazole rings is 1. The van der Waals surface area contributed by atoms with Crippen LogP contribution in [0.25, 0.3) is 11.0 Å². The summed E-state index contributed by atoms with van der Waals surface area (Å²) in [6.45, 7) is 4.32. The molecule has 1 aliphatic carbocycles. The Morgan fingerprint density at radius 2 is 2.18 bits per heavy atom. The van der Waals surface area contributed by atoms with Crippen LogP contribution in [0.2, 0.25) is 5.02 Å². The van der Waals surface area contributed by atoms with Crippen LogP contribution < -0.4 is 5.73 Å². The predicted molar refractivity (Wildman–Crippen MR) is 66.5 cm³/mol. The number of nitrogen functional groups attached to an aromatic ring is 1. The predicted octanol–water partition coefficient (Wildman–Crippen LogP) is 3.38. The topological polar surface area (TPSA) is 43.8 Å². The molecule has 1 saturated carbocycles. The van der Waals surface area contributed by atoms with E-state index in [2.05, 4.69) is 18.8 Å². The molecule has 0 spiro atoms. The molecule has 1 aromatic heterocycles. The molecule has 5 heteroatoms. The lowest BCUT2D eigenvalue weighted by molar-refractivity contribution is 0.552. The molecule has 0 saturated heterocycles. The number of nitrogens with two attached hydrogens (primary N) is 1. The van der Waals surface area contributed by atoms with Crippen LogP contribution in [0.5, 0.6) is 0 Å². The van der Waals surface area contributed by atoms with Crippen LogP contribution >= 0.6 is 11.6 Å². The first kappa shape index (κ1) is 10.8. The first-order valence-corrected chi connectivity index (χ1v) is 5.90. The summed E-state index contributed by atoms with van der Waals surface area (Å²) in [4.78, 5) is 4.23. The summed E-state index contributed by atoms with van der Waals surface area (Å²) in [5.41, 5.74) is 7.48. The second-order valence-corrected chi connectivity index (χ2v) is 5.71. The maximum absolute atomic E-state index is 13.5. The molecule has 1 aromatic carbocycles. The van der Waals surface area contributed by atoms with Gasteiger partial charge in [-0.15, -0.1) is 0 Å². The molecule has 0 amide bonds. The van der Waals surface area contributed by atoms with Gasteiger partial charge in [-0.25, -0.2) is 9.37 Å². The Bertz CT molecular complexity index is 618. The Hall–Kier alpha value is -1.29. The highest BCUT2D eigenvalue weighted by Gasteiger charge is 2.48. The molecule has 2 aromatic rings. The third-order valence-electron chi connectivity index (χ3n) is 3.53. The van der Waals surface area contributed by atoms with E-state index in [9.17, 15) is 4.39 Å². The fourth-order valence-electron chi connectivity index (χ4n) is 2.32. The van der Waals surface area contributed by atoms with Crippen molar-refractivity contribution >= 4 is 28.6 Å². The van der Waals surface area contributed by atoms with E-state index in [4.69, 9.17) is 17.3 Å². The maximum atomic E-state index is 13.5. The van der Waals surface area contributed by atoms with Crippen molar-refractivity contribution in [1.82, 2.24) is 9.55 Å². The second-order valence-electron chi connectivity index (χ2n) is 5.30. The first-order chi connectivity index (χ1) is 7.90. The maximum Gasteiger partial charge on any atom is 0.201 e. The van der Waals surface area contributed by atoms with E-state index >= 15 is 0 Å². The minimum Gasteiger partial charge on any atom is -0.369 e. The van der Waals surface area contributed by atoms with Crippen molar-refractivity contribution in [3.05, 3.63) is 23.0 Å². The van der Waals surface area contributed by atoms with Crippen LogP contribution in [-0.4, -0.2) is 9.55 Å². The molecule has 1 atom stereocenters. The van der Waals surface area contributed by atoms with Crippen molar-refractivity contribution in [1.29, 1.82) is 0 Å². The van der Waals surface area contributed by atoms with Gasteiger partial charge in [0.2, 0.25) is 5.95 Å². The Balaban J connectivity index is 2.24. The molecular formula is C12H13ClFN3. The summed E-state index contributed by atoms with van der Waals surface area (Å²) in [5, 5.41) is 0.0807. The normalized spacial score (nSPS) is 22.0. The van der Waals surface area contributed by atoms with E-state index in [1.54, 1.807) is 0 Å². The van der Waals surface area contributed by atoms with Gasteiger partial charge >= 0.3 is 0 Å². The molecule has 0 aliphatic heterocycles. The fraction of sp³-hybridized carbons (Fsp3) is 0.417. The SMILES string of the molecule is CC1(C)CC1n1c(N)nc2cc(Cl)c(F)cc21. The summed E-state index contributed by atoms with van der Waals surface area (Å²) in [5.74, 6) is -0.00369. The molecule has 1 unspecified atom stereocenters. The van der Waals surface area contributed by atoms with Crippen LogP contribution in [0.15, 0.2) is 12.1 Å². The zero-order valence-electron chi connectivity index (χ0n) is 9.67. The van der Waals surface area contributed by atoms with E-state index in [1.807, 2.05) is 4.57 Å². The van der Waals surface area contributed by atoms with Crippen LogP contribution in [-0.2, 0) is 0 Å². The van der Waals surface area contributed by atoms with Crippen molar-refractivity contribution in [3.63, 3.8) is 0 Å². The number of aromatic nitrogens is 2. The molecule has 90 valence electrons. The van der Waals surface area contributed by atoms with Crippen molar-refractivity contribution in [2.75, 3.05) is 5.73 Å². The number of benzene rings is 1. The number of hydrogen-bond donors (Lipinski definition) is 1. The second kappa shape index (κ2) is 3.13. The third-order valence-corrected chi connectivity index (χ3v) is 3.82. The zero-order chi connectivity index (χ0) is 12.4. The van der Waals surface area contributed by atoms with E-state index in [-0.39, 0.29) is 10.4 Å². The standard InChI is InChI=1S/C12H13ClFN3/c1-12(2)5-10(12)17-9-4-7(14)6(13)3-8(9)16-11(17)15/h3-4,10H,5H2,1-2H3,(H2,15,16). The van der Waals surface area contributed by atoms with Crippen LogP contribution in [0, 0.1) is 11.2 Å². The number of rotatable bonds is 1. The van der Waals surface area contributed by atoms with Crippen LogP contribution in [0.4, 0.5) is 10.3 Å². The molecular weight excluding hydrogens is 241 g/mol. The fourth-order valence-corrected chi connectivity index (χ4v) is 2.47. The minimum atomic E-state index is -0.432. The van der Waals surface area contributed by atoms with Gasteiger partial charge in [0.15, 0.2) is 0 Å². The highest BCUT2D eigenvalue weighted by molar-refractivity contribution is 6.31. The highest BCUT2D eigenvalue weighted by atomic mass is 35.5. The lowest BCUT2D eigenvalue weighted by atomic mass is 10.2. The molecule has 3 nitrogen and oxygen atoms in total. The van der Waals surface area contributed by atoms with Crippen molar-refractivity contribution < 1.29 is 4.39 Å². The number of fused-ring (bicyclic) bond motifs is 1. The Morgan fingerprint density at radius 3 is 2.76 bits per heavy atom. The number of halogens is 2. The third kappa shape index (κ3) is 1.51. The lowest BCUT2D eigenvalue weighted by Gasteiger charge is -2.08. The smallest absolute Gasteiger partial charge is 0.201 e. The van der Waals surface area contributed by atoms with Gasteiger partial charge < -0.3 is 10.3 Å². The van der Waals surface area contributed by atoms with Crippen LogP contribution in [0.1, 0.15) is 26.3 Å². The monoisotopic (exact) mass is 253 g/mol. The van der Waals surface area contributed by atoms with Gasteiger partial charge in [-0.1, -0.05) is 25.4 Å². The molecule has 0 bridgehead atoms. The van der Waals surface area contributed by atoms with Crippen molar-refractivity contribution in [3.8, 4) is 0 Å². The summed E-state index contributed by atoms with van der Waals surface area (Å²) < 4.78 is 15.4. The highest BCUT2D eigenvalue weighted by Crippen LogP contribution is 2.57. The van der Waals surface area contributed by atoms with Gasteiger partial charge in [-0.05, 0) is 17.9 Å². The Kier molecular flexibility index (Phi) is 2.00. The molecule has 0 radical (unpaired) electrons. The minimum absolute atomic E-state index is 0.0807. The average molecular weight is 254 g/mol. The molecule has 1 aliphatic rings. The van der Waals surface area contributed by atoms with Crippen LogP contribution in [0.3, 0.4) is 0 Å². The van der Waals surface area contributed by atoms with E-state index in [0.717, 1.165) is 11.9 Å². The van der Waals surface area contributed by atoms with Gasteiger partial charge in [-0.2, -0.15) is 0 Å². The van der Waals surface area contributed by atoms with E-state index in [1.165, 1.54) is 12.1 Å². The number of anilines is 1. The lowest BCUT2D eigenvalue weighted by Crippen LogP contribution is -2.04. The summed E-state index contributed by atoms with van der Waals surface area (Å²) >= 11 is 5.74. The Morgan fingerprint density at radius 1 is 1.53 bits per heavy atom. The Labute approximate surface area is 103 Å². The van der Waals surface area contributed by atoms with Gasteiger partial charge in [0.05, 0.1) is 16.1 Å². The van der Waals surface area contributed by atoms with E-state index < -0.39 is 5.82 Å². The van der Waals surface area contributed by atoms with Crippen molar-refractivity contribution in [2.24, 2.45) is 5.41 Å². The van der Waals surface area contributed by atoms with Gasteiger partial charge in [-0.3, -0.25) is 0 Å². The molecule has 17 heavy (non-hydrogen) atoms. The van der Waals surface area contributed by atoms with E-state index in [0.29, 0.717) is 17.5 Å². The molecule has 3 rings (SSSR count). The van der Waals surface area contributed by atoms with Gasteiger partial charge in [0.1, 0.15) is 5.82 Å². The summed E-state index contributed by atoms with van der Waals surface area (Å²) in [7, 11) is 0. The molecule has 1 heterocycles. The summed E-state index contributed by atoms with van der Waals surface area (Å²) in [6.07, 6.45) is 1.03. The average Bonchev–Trinajstić information content (AvgIpc) is 2.70. The number of nitrogens with zero attached hydrogens (tertiary/aromatic N) is 2. The quantitative estimate of drug-likeness (QED) is 0.847. The molecule has 1 fully saturated rings. The van der Waals surface area contributed by atoms with Gasteiger partial charge in [0, 0.05) is 12.1 Å². The zero-order valence-corrected chi connectivity index (χ0v) is 10.4. The van der Waals surface area contributed by atoms with Crippen molar-refractivity contribution in [2.45, 2.75) is 26.3 Å². The molecule has 2 N–H and O–H groups in total. The summed E-state index contributed by atoms with van der Waals surface area (Å²) in [6, 6.07) is 3.23.